The monoisotopic (exact) mass is 288 g/mol. The molecule has 0 saturated heterocycles. The number of nitriles is 1. The van der Waals surface area contributed by atoms with E-state index >= 15 is 0 Å². The molecule has 0 amide bonds. The van der Waals surface area contributed by atoms with Gasteiger partial charge in [-0.25, -0.2) is 4.98 Å². The van der Waals surface area contributed by atoms with Gasteiger partial charge in [0.25, 0.3) is 0 Å². The van der Waals surface area contributed by atoms with Crippen LogP contribution in [0.15, 0.2) is 47.2 Å². The van der Waals surface area contributed by atoms with E-state index < -0.39 is 6.10 Å². The summed E-state index contributed by atoms with van der Waals surface area (Å²) in [6.45, 7) is 0. The second kappa shape index (κ2) is 5.09. The summed E-state index contributed by atoms with van der Waals surface area (Å²) in [7, 11) is 0. The Morgan fingerprint density at radius 3 is 2.47 bits per heavy atom. The van der Waals surface area contributed by atoms with E-state index in [0.717, 1.165) is 11.1 Å². The normalized spacial score (nSPS) is 11.8. The summed E-state index contributed by atoms with van der Waals surface area (Å²) in [6, 6.07) is 12.4. The van der Waals surface area contributed by atoms with Gasteiger partial charge < -0.3 is 5.11 Å². The van der Waals surface area contributed by atoms with Gasteiger partial charge in [-0.05, 0) is 51.3 Å². The van der Waals surface area contributed by atoms with Crippen LogP contribution in [0.1, 0.15) is 22.8 Å². The fourth-order valence-corrected chi connectivity index (χ4v) is 1.90. The first-order valence-corrected chi connectivity index (χ1v) is 5.79. The van der Waals surface area contributed by atoms with Gasteiger partial charge in [0.15, 0.2) is 0 Å². The van der Waals surface area contributed by atoms with Crippen molar-refractivity contribution in [3.05, 3.63) is 63.9 Å². The van der Waals surface area contributed by atoms with E-state index in [1.165, 1.54) is 0 Å². The molecule has 0 aliphatic rings. The number of rotatable bonds is 2. The number of hydrogen-bond acceptors (Lipinski definition) is 3. The van der Waals surface area contributed by atoms with Crippen LogP contribution in [0.2, 0.25) is 0 Å². The molecule has 1 aromatic carbocycles. The number of aliphatic hydroxyl groups is 1. The molecule has 0 spiro atoms. The fourth-order valence-electron chi connectivity index (χ4n) is 1.52. The number of nitrogens with zero attached hydrogens (tertiary/aromatic N) is 2. The smallest absolute Gasteiger partial charge is 0.106 e. The number of benzene rings is 1. The van der Waals surface area contributed by atoms with Gasteiger partial charge in [0.05, 0.1) is 11.6 Å². The minimum atomic E-state index is -0.706. The SMILES string of the molecule is N#Cc1ccc(C(O)c2ccnc(Br)c2)cc1. The quantitative estimate of drug-likeness (QED) is 0.865. The van der Waals surface area contributed by atoms with Crippen molar-refractivity contribution >= 4 is 15.9 Å². The van der Waals surface area contributed by atoms with Crippen molar-refractivity contribution in [1.29, 1.82) is 5.26 Å². The first-order chi connectivity index (χ1) is 8.20. The molecule has 2 rings (SSSR count). The van der Waals surface area contributed by atoms with E-state index in [4.69, 9.17) is 5.26 Å². The third-order valence-electron chi connectivity index (χ3n) is 2.42. The van der Waals surface area contributed by atoms with Gasteiger partial charge in [-0.1, -0.05) is 12.1 Å². The van der Waals surface area contributed by atoms with Crippen LogP contribution in [0, 0.1) is 11.3 Å². The predicted molar refractivity (Wildman–Crippen MR) is 67.2 cm³/mol. The van der Waals surface area contributed by atoms with Gasteiger partial charge in [0, 0.05) is 6.20 Å². The van der Waals surface area contributed by atoms with Crippen molar-refractivity contribution in [3.8, 4) is 6.07 Å². The van der Waals surface area contributed by atoms with Gasteiger partial charge in [-0.3, -0.25) is 0 Å². The standard InChI is InChI=1S/C13H9BrN2O/c14-12-7-11(5-6-16-12)13(17)10-3-1-9(8-15)2-4-10/h1-7,13,17H. The highest BCUT2D eigenvalue weighted by molar-refractivity contribution is 9.10. The number of pyridine rings is 1. The molecule has 1 atom stereocenters. The Morgan fingerprint density at radius 1 is 1.18 bits per heavy atom. The maximum atomic E-state index is 10.1. The second-order valence-electron chi connectivity index (χ2n) is 3.55. The van der Waals surface area contributed by atoms with E-state index in [1.807, 2.05) is 6.07 Å². The van der Waals surface area contributed by atoms with Gasteiger partial charge >= 0.3 is 0 Å². The highest BCUT2D eigenvalue weighted by Gasteiger charge is 2.10. The van der Waals surface area contributed by atoms with Crippen LogP contribution in [0.4, 0.5) is 0 Å². The molecular formula is C13H9BrN2O. The third kappa shape index (κ3) is 2.70. The molecule has 0 saturated carbocycles. The molecule has 3 nitrogen and oxygen atoms in total. The molecule has 1 N–H and O–H groups in total. The first-order valence-electron chi connectivity index (χ1n) is 5.00. The van der Waals surface area contributed by atoms with Crippen molar-refractivity contribution in [1.82, 2.24) is 4.98 Å². The molecule has 2 aromatic rings. The van der Waals surface area contributed by atoms with Gasteiger partial charge in [-0.2, -0.15) is 5.26 Å². The predicted octanol–water partition coefficient (Wildman–Crippen LogP) is 2.80. The maximum absolute atomic E-state index is 10.1. The Labute approximate surface area is 107 Å². The van der Waals surface area contributed by atoms with Crippen molar-refractivity contribution in [2.75, 3.05) is 0 Å². The summed E-state index contributed by atoms with van der Waals surface area (Å²) < 4.78 is 0.683. The highest BCUT2D eigenvalue weighted by Crippen LogP contribution is 2.23. The molecule has 17 heavy (non-hydrogen) atoms. The zero-order valence-electron chi connectivity index (χ0n) is 8.84. The number of aliphatic hydroxyl groups excluding tert-OH is 1. The summed E-state index contributed by atoms with van der Waals surface area (Å²) in [5, 5.41) is 18.8. The van der Waals surface area contributed by atoms with E-state index in [9.17, 15) is 5.11 Å². The molecule has 0 radical (unpaired) electrons. The average molecular weight is 289 g/mol. The Balaban J connectivity index is 2.30. The Hall–Kier alpha value is -1.70. The van der Waals surface area contributed by atoms with E-state index in [0.29, 0.717) is 10.2 Å². The Kier molecular flexibility index (Phi) is 3.52. The van der Waals surface area contributed by atoms with Crippen LogP contribution >= 0.6 is 15.9 Å². The maximum Gasteiger partial charge on any atom is 0.106 e. The Morgan fingerprint density at radius 2 is 1.88 bits per heavy atom. The summed E-state index contributed by atoms with van der Waals surface area (Å²) in [4.78, 5) is 4.01. The largest absolute Gasteiger partial charge is 0.384 e. The van der Waals surface area contributed by atoms with Crippen molar-refractivity contribution in [2.45, 2.75) is 6.10 Å². The minimum absolute atomic E-state index is 0.580. The van der Waals surface area contributed by atoms with Crippen LogP contribution < -0.4 is 0 Å². The molecule has 0 fully saturated rings. The molecule has 1 unspecified atom stereocenters. The number of aromatic nitrogens is 1. The van der Waals surface area contributed by atoms with Gasteiger partial charge in [0.1, 0.15) is 10.7 Å². The van der Waals surface area contributed by atoms with E-state index in [2.05, 4.69) is 20.9 Å². The van der Waals surface area contributed by atoms with Gasteiger partial charge in [0.2, 0.25) is 0 Å². The average Bonchev–Trinajstić information content (AvgIpc) is 2.38. The lowest BCUT2D eigenvalue weighted by Crippen LogP contribution is -1.99. The number of hydrogen-bond donors (Lipinski definition) is 1. The van der Waals surface area contributed by atoms with Crippen LogP contribution in [0.5, 0.6) is 0 Å². The lowest BCUT2D eigenvalue weighted by atomic mass is 10.0. The minimum Gasteiger partial charge on any atom is -0.384 e. The van der Waals surface area contributed by atoms with Crippen molar-refractivity contribution in [3.63, 3.8) is 0 Å². The van der Waals surface area contributed by atoms with Crippen LogP contribution in [-0.4, -0.2) is 10.1 Å². The lowest BCUT2D eigenvalue weighted by molar-refractivity contribution is 0.220. The fraction of sp³-hybridized carbons (Fsp3) is 0.0769. The van der Waals surface area contributed by atoms with E-state index in [1.54, 1.807) is 42.6 Å². The molecular weight excluding hydrogens is 280 g/mol. The Bertz CT molecular complexity index is 560. The molecule has 1 aromatic heterocycles. The molecule has 84 valence electrons. The molecule has 4 heteroatoms. The van der Waals surface area contributed by atoms with Crippen LogP contribution in [-0.2, 0) is 0 Å². The summed E-state index contributed by atoms with van der Waals surface area (Å²) in [5.41, 5.74) is 2.09. The topological polar surface area (TPSA) is 56.9 Å². The van der Waals surface area contributed by atoms with Crippen LogP contribution in [0.3, 0.4) is 0 Å². The summed E-state index contributed by atoms with van der Waals surface area (Å²) in [5.74, 6) is 0. The lowest BCUT2D eigenvalue weighted by Gasteiger charge is -2.11. The first kappa shape index (κ1) is 11.8. The molecule has 0 aliphatic heterocycles. The molecule has 0 aliphatic carbocycles. The van der Waals surface area contributed by atoms with E-state index in [-0.39, 0.29) is 0 Å². The third-order valence-corrected chi connectivity index (χ3v) is 2.86. The zero-order chi connectivity index (χ0) is 12.3. The highest BCUT2D eigenvalue weighted by atomic mass is 79.9. The molecule has 1 heterocycles. The second-order valence-corrected chi connectivity index (χ2v) is 4.36. The van der Waals surface area contributed by atoms with Crippen molar-refractivity contribution < 1.29 is 5.11 Å². The molecule has 0 bridgehead atoms. The van der Waals surface area contributed by atoms with Crippen LogP contribution in [0.25, 0.3) is 0 Å². The van der Waals surface area contributed by atoms with Crippen molar-refractivity contribution in [2.24, 2.45) is 0 Å². The summed E-state index contributed by atoms with van der Waals surface area (Å²) in [6.07, 6.45) is 0.925. The number of halogens is 1. The zero-order valence-corrected chi connectivity index (χ0v) is 10.4. The summed E-state index contributed by atoms with van der Waals surface area (Å²) >= 11 is 3.26. The van der Waals surface area contributed by atoms with Gasteiger partial charge in [-0.15, -0.1) is 0 Å².